The Hall–Kier alpha value is -1.30. The van der Waals surface area contributed by atoms with Gasteiger partial charge in [-0.3, -0.25) is 4.79 Å². The zero-order valence-corrected chi connectivity index (χ0v) is 16.4. The molecule has 3 atom stereocenters. The highest BCUT2D eigenvalue weighted by Crippen LogP contribution is 2.35. The highest BCUT2D eigenvalue weighted by Gasteiger charge is 2.45. The Kier molecular flexibility index (Phi) is 6.35. The molecule has 6 nitrogen and oxygen atoms in total. The van der Waals surface area contributed by atoms with Crippen LogP contribution in [0.3, 0.4) is 0 Å². The number of piperidine rings is 1. The van der Waals surface area contributed by atoms with Crippen molar-refractivity contribution in [2.24, 2.45) is 17.3 Å². The third kappa shape index (κ3) is 5.09. The van der Waals surface area contributed by atoms with E-state index in [9.17, 15) is 14.7 Å². The van der Waals surface area contributed by atoms with Crippen LogP contribution in [0.25, 0.3) is 0 Å². The van der Waals surface area contributed by atoms with Crippen LogP contribution >= 0.6 is 0 Å². The average Bonchev–Trinajstić information content (AvgIpc) is 2.88. The van der Waals surface area contributed by atoms with Gasteiger partial charge >= 0.3 is 6.09 Å². The van der Waals surface area contributed by atoms with Crippen molar-refractivity contribution in [3.8, 4) is 0 Å². The smallest absolute Gasteiger partial charge is 0.407 e. The molecule has 0 aromatic carbocycles. The van der Waals surface area contributed by atoms with Crippen LogP contribution in [0, 0.1) is 17.3 Å². The van der Waals surface area contributed by atoms with Crippen molar-refractivity contribution in [3.05, 3.63) is 0 Å². The Balaban J connectivity index is 2.17. The van der Waals surface area contributed by atoms with Crippen molar-refractivity contribution >= 4 is 12.0 Å². The van der Waals surface area contributed by atoms with Crippen LogP contribution in [0.5, 0.6) is 0 Å². The largest absolute Gasteiger partial charge is 0.465 e. The van der Waals surface area contributed by atoms with Gasteiger partial charge in [-0.1, -0.05) is 34.6 Å². The van der Waals surface area contributed by atoms with Gasteiger partial charge in [-0.15, -0.1) is 0 Å². The zero-order chi connectivity index (χ0) is 18.8. The van der Waals surface area contributed by atoms with E-state index in [2.05, 4.69) is 39.9 Å². The first-order chi connectivity index (χ1) is 11.6. The minimum Gasteiger partial charge on any atom is -0.465 e. The quantitative estimate of drug-likeness (QED) is 0.797. The molecule has 2 rings (SSSR count). The Morgan fingerprint density at radius 3 is 2.52 bits per heavy atom. The molecule has 0 spiro atoms. The van der Waals surface area contributed by atoms with Crippen molar-refractivity contribution in [1.82, 2.24) is 15.1 Å². The lowest BCUT2D eigenvalue weighted by molar-refractivity contribution is -0.128. The standard InChI is InChI=1S/C19H35N3O3/c1-13(2)10-20-15-9-14(11-21-8-6-7-16(21)23)12-22(18(24)25)17(15)19(3,4)5/h13-15,17,20H,6-12H2,1-5H3,(H,24,25)/t14-,15-,17?/m0/s1. The maximum absolute atomic E-state index is 12.0. The van der Waals surface area contributed by atoms with Gasteiger partial charge < -0.3 is 20.2 Å². The summed E-state index contributed by atoms with van der Waals surface area (Å²) >= 11 is 0. The number of rotatable bonds is 5. The minimum atomic E-state index is -0.853. The molecule has 1 unspecified atom stereocenters. The van der Waals surface area contributed by atoms with E-state index >= 15 is 0 Å². The van der Waals surface area contributed by atoms with Crippen molar-refractivity contribution in [1.29, 1.82) is 0 Å². The van der Waals surface area contributed by atoms with Crippen LogP contribution < -0.4 is 5.32 Å². The van der Waals surface area contributed by atoms with Crippen molar-refractivity contribution in [3.63, 3.8) is 0 Å². The van der Waals surface area contributed by atoms with E-state index < -0.39 is 6.09 Å². The summed E-state index contributed by atoms with van der Waals surface area (Å²) in [5.74, 6) is 0.923. The van der Waals surface area contributed by atoms with Gasteiger partial charge in [0, 0.05) is 32.1 Å². The number of amides is 2. The molecule has 0 saturated carbocycles. The summed E-state index contributed by atoms with van der Waals surface area (Å²) in [7, 11) is 0. The summed E-state index contributed by atoms with van der Waals surface area (Å²) in [6.07, 6.45) is 1.62. The van der Waals surface area contributed by atoms with E-state index in [4.69, 9.17) is 0 Å². The van der Waals surface area contributed by atoms with Gasteiger partial charge in [0.15, 0.2) is 0 Å². The Morgan fingerprint density at radius 2 is 2.04 bits per heavy atom. The van der Waals surface area contributed by atoms with Crippen LogP contribution in [0.2, 0.25) is 0 Å². The first kappa shape index (κ1) is 20.0. The third-order valence-electron chi connectivity index (χ3n) is 5.33. The Morgan fingerprint density at radius 1 is 1.36 bits per heavy atom. The molecule has 6 heteroatoms. The van der Waals surface area contributed by atoms with E-state index in [1.54, 1.807) is 4.90 Å². The lowest BCUT2D eigenvalue weighted by Gasteiger charge is -2.50. The predicted octanol–water partition coefficient (Wildman–Crippen LogP) is 2.64. The van der Waals surface area contributed by atoms with Gasteiger partial charge in [-0.2, -0.15) is 0 Å². The lowest BCUT2D eigenvalue weighted by Crippen LogP contribution is -2.64. The summed E-state index contributed by atoms with van der Waals surface area (Å²) in [4.78, 5) is 27.5. The molecule has 2 N–H and O–H groups in total. The Labute approximate surface area is 151 Å². The van der Waals surface area contributed by atoms with Crippen molar-refractivity contribution in [2.75, 3.05) is 26.2 Å². The number of carboxylic acid groups (broad SMARTS) is 1. The molecule has 2 aliphatic heterocycles. The van der Waals surface area contributed by atoms with Crippen LogP contribution in [0.4, 0.5) is 4.79 Å². The molecule has 2 saturated heterocycles. The van der Waals surface area contributed by atoms with Gasteiger partial charge in [-0.25, -0.2) is 4.79 Å². The van der Waals surface area contributed by atoms with Crippen LogP contribution in [-0.2, 0) is 4.79 Å². The summed E-state index contributed by atoms with van der Waals surface area (Å²) in [6, 6.07) is 0.0595. The number of carbonyl (C=O) groups is 2. The molecular formula is C19H35N3O3. The normalized spacial score (nSPS) is 28.1. The van der Waals surface area contributed by atoms with Gasteiger partial charge in [0.25, 0.3) is 0 Å². The van der Waals surface area contributed by atoms with E-state index in [-0.39, 0.29) is 29.3 Å². The second-order valence-electron chi connectivity index (χ2n) is 9.20. The van der Waals surface area contributed by atoms with Gasteiger partial charge in [0.1, 0.15) is 0 Å². The number of hydrogen-bond acceptors (Lipinski definition) is 3. The molecule has 2 amide bonds. The van der Waals surface area contributed by atoms with Crippen molar-refractivity contribution in [2.45, 2.75) is 66.0 Å². The molecule has 2 aliphatic rings. The van der Waals surface area contributed by atoms with E-state index in [1.165, 1.54) is 0 Å². The number of likely N-dealkylation sites (tertiary alicyclic amines) is 2. The molecular weight excluding hydrogens is 318 g/mol. The number of nitrogens with one attached hydrogen (secondary N) is 1. The molecule has 0 radical (unpaired) electrons. The van der Waals surface area contributed by atoms with Gasteiger partial charge in [0.2, 0.25) is 5.91 Å². The van der Waals surface area contributed by atoms with Gasteiger partial charge in [0.05, 0.1) is 6.04 Å². The SMILES string of the molecule is CC(C)CN[C@H]1C[C@@H](CN2CCCC2=O)CN(C(=O)O)C1C(C)(C)C. The van der Waals surface area contributed by atoms with Crippen LogP contribution in [-0.4, -0.2) is 65.2 Å². The topological polar surface area (TPSA) is 72.9 Å². The first-order valence-corrected chi connectivity index (χ1v) is 9.60. The maximum Gasteiger partial charge on any atom is 0.407 e. The molecule has 2 fully saturated rings. The maximum atomic E-state index is 12.0. The fourth-order valence-electron chi connectivity index (χ4n) is 4.36. The van der Waals surface area contributed by atoms with Gasteiger partial charge in [-0.05, 0) is 36.6 Å². The second-order valence-corrected chi connectivity index (χ2v) is 9.20. The summed E-state index contributed by atoms with van der Waals surface area (Å²) in [5.41, 5.74) is -0.137. The third-order valence-corrected chi connectivity index (χ3v) is 5.33. The summed E-state index contributed by atoms with van der Waals surface area (Å²) in [5, 5.41) is 13.4. The second kappa shape index (κ2) is 7.94. The monoisotopic (exact) mass is 353 g/mol. The molecule has 0 aliphatic carbocycles. The molecule has 25 heavy (non-hydrogen) atoms. The molecule has 2 heterocycles. The predicted molar refractivity (Wildman–Crippen MR) is 98.5 cm³/mol. The summed E-state index contributed by atoms with van der Waals surface area (Å²) in [6.45, 7) is 13.6. The minimum absolute atomic E-state index is 0.0609. The van der Waals surface area contributed by atoms with Crippen molar-refractivity contribution < 1.29 is 14.7 Å². The highest BCUT2D eigenvalue weighted by molar-refractivity contribution is 5.78. The molecule has 0 aromatic rings. The average molecular weight is 354 g/mol. The number of carbonyl (C=O) groups excluding carboxylic acids is 1. The number of nitrogens with zero attached hydrogens (tertiary/aromatic N) is 2. The molecule has 0 aromatic heterocycles. The van der Waals surface area contributed by atoms with E-state index in [0.29, 0.717) is 25.4 Å². The fraction of sp³-hybridized carbons (Fsp3) is 0.895. The van der Waals surface area contributed by atoms with E-state index in [1.807, 2.05) is 4.90 Å². The lowest BCUT2D eigenvalue weighted by atomic mass is 9.75. The summed E-state index contributed by atoms with van der Waals surface area (Å²) < 4.78 is 0. The fourth-order valence-corrected chi connectivity index (χ4v) is 4.36. The highest BCUT2D eigenvalue weighted by atomic mass is 16.4. The Bertz CT molecular complexity index is 487. The molecule has 0 bridgehead atoms. The molecule has 144 valence electrons. The van der Waals surface area contributed by atoms with Crippen LogP contribution in [0.1, 0.15) is 53.9 Å². The van der Waals surface area contributed by atoms with Crippen LogP contribution in [0.15, 0.2) is 0 Å². The zero-order valence-electron chi connectivity index (χ0n) is 16.4. The van der Waals surface area contributed by atoms with E-state index in [0.717, 1.165) is 25.9 Å². The first-order valence-electron chi connectivity index (χ1n) is 9.60. The number of hydrogen-bond donors (Lipinski definition) is 2.